The molecule has 1 fully saturated rings. The number of nitrogens with zero attached hydrogens (tertiary/aromatic N) is 4. The summed E-state index contributed by atoms with van der Waals surface area (Å²) in [5.41, 5.74) is 5.72. The summed E-state index contributed by atoms with van der Waals surface area (Å²) in [6.45, 7) is 17.3. The minimum Gasteiger partial charge on any atom is -0.660 e. The summed E-state index contributed by atoms with van der Waals surface area (Å²) in [7, 11) is 0. The Balaban J connectivity index is 0. The van der Waals surface area contributed by atoms with E-state index in [-0.39, 0.29) is 40.4 Å². The van der Waals surface area contributed by atoms with Gasteiger partial charge in [0.05, 0.1) is 19.0 Å². The Hall–Kier alpha value is -2.06. The van der Waals surface area contributed by atoms with Gasteiger partial charge in [0.25, 0.3) is 0 Å². The predicted molar refractivity (Wildman–Crippen MR) is 150 cm³/mol. The number of rotatable bonds is 11. The van der Waals surface area contributed by atoms with Crippen molar-refractivity contribution in [3.63, 3.8) is 0 Å². The van der Waals surface area contributed by atoms with Crippen LogP contribution in [0.5, 0.6) is 0 Å². The molecule has 1 aliphatic heterocycles. The Kier molecular flexibility index (Phi) is 20.0. The van der Waals surface area contributed by atoms with Crippen molar-refractivity contribution in [2.75, 3.05) is 52.4 Å². The average Bonchev–Trinajstić information content (AvgIpc) is 3.35. The van der Waals surface area contributed by atoms with E-state index in [0.29, 0.717) is 44.4 Å². The monoisotopic (exact) mass is 611 g/mol. The number of aliphatic carboxylic acids is 1. The molecule has 2 unspecified atom stereocenters. The van der Waals surface area contributed by atoms with Crippen LogP contribution < -0.4 is 11.1 Å². The predicted octanol–water partition coefficient (Wildman–Crippen LogP) is -0.143. The molecule has 0 aromatic carbocycles. The molecular weight excluding hydrogens is 561 g/mol. The zero-order chi connectivity index (χ0) is 28.9. The molecule has 0 aliphatic carbocycles. The SMILES string of the molecule is CC(=O)NC(Cc1cnc[nH]1)C(N)=O.CC(C)C(C)(C(C)C)C(O)CN1CC[N-]CCN(CC(=O)O)CC1.O.[Mn+3]. The van der Waals surface area contributed by atoms with Crippen LogP contribution >= 0.6 is 0 Å². The molecule has 2 rings (SSSR count). The van der Waals surface area contributed by atoms with E-state index in [1.54, 1.807) is 6.20 Å². The molecule has 1 aromatic rings. The van der Waals surface area contributed by atoms with Crippen molar-refractivity contribution >= 4 is 17.8 Å². The van der Waals surface area contributed by atoms with Crippen LogP contribution in [0.15, 0.2) is 12.5 Å². The molecule has 0 radical (unpaired) electrons. The smallest absolute Gasteiger partial charge is 0.660 e. The van der Waals surface area contributed by atoms with Gasteiger partial charge in [0, 0.05) is 44.9 Å². The van der Waals surface area contributed by atoms with E-state index in [1.807, 2.05) is 4.90 Å². The Morgan fingerprint density at radius 2 is 1.68 bits per heavy atom. The number of carboxylic acids is 1. The molecule has 1 aliphatic rings. The van der Waals surface area contributed by atoms with Gasteiger partial charge in [-0.2, -0.15) is 0 Å². The largest absolute Gasteiger partial charge is 3.00 e. The molecule has 13 nitrogen and oxygen atoms in total. The minimum absolute atomic E-state index is 0. The van der Waals surface area contributed by atoms with Crippen LogP contribution in [0.2, 0.25) is 0 Å². The van der Waals surface area contributed by atoms with E-state index >= 15 is 0 Å². The topological polar surface area (TPSA) is 210 Å². The third kappa shape index (κ3) is 14.0. The summed E-state index contributed by atoms with van der Waals surface area (Å²) in [4.78, 5) is 43.4. The maximum absolute atomic E-state index is 11.0. The van der Waals surface area contributed by atoms with Crippen LogP contribution in [0.25, 0.3) is 5.32 Å². The molecule has 2 heterocycles. The number of hydrogen-bond acceptors (Lipinski definition) is 7. The Morgan fingerprint density at radius 3 is 2.12 bits per heavy atom. The fourth-order valence-electron chi connectivity index (χ4n) is 4.54. The Labute approximate surface area is 248 Å². The standard InChI is InChI=1S/C18H36N3O3.C8H12N4O2.Mn.H2O/c1-14(2)18(5,15(3)4)16(22)12-20-8-6-19-7-9-21(11-10-20)13-17(23)24;1-5(13)12-7(8(9)14)2-6-3-10-4-11-6;;/h14-16,22H,6-13H2,1-5H3,(H,23,24);3-4,7H,2H2,1H3,(H2,9,14)(H,10,11)(H,12,13);;1H2/q-1;;+3;. The first-order chi connectivity index (χ1) is 17.8. The zero-order valence-electron chi connectivity index (χ0n) is 24.7. The fourth-order valence-corrected chi connectivity index (χ4v) is 4.54. The third-order valence-corrected chi connectivity index (χ3v) is 7.58. The number of primary amides is 1. The summed E-state index contributed by atoms with van der Waals surface area (Å²) < 4.78 is 0. The van der Waals surface area contributed by atoms with E-state index in [0.717, 1.165) is 25.3 Å². The van der Waals surface area contributed by atoms with Crippen LogP contribution in [0, 0.1) is 17.3 Å². The third-order valence-electron chi connectivity index (χ3n) is 7.58. The van der Waals surface area contributed by atoms with Crippen LogP contribution in [-0.4, -0.2) is 118 Å². The molecule has 2 atom stereocenters. The number of amides is 2. The summed E-state index contributed by atoms with van der Waals surface area (Å²) in [6.07, 6.45) is 3.00. The van der Waals surface area contributed by atoms with Crippen molar-refractivity contribution in [2.24, 2.45) is 23.0 Å². The van der Waals surface area contributed by atoms with Crippen molar-refractivity contribution in [3.05, 3.63) is 23.5 Å². The molecule has 8 N–H and O–H groups in total. The molecule has 0 bridgehead atoms. The number of nitrogens with one attached hydrogen (secondary N) is 2. The first-order valence-electron chi connectivity index (χ1n) is 13.3. The van der Waals surface area contributed by atoms with Crippen molar-refractivity contribution < 1.29 is 47.1 Å². The van der Waals surface area contributed by atoms with Gasteiger partial charge in [-0.1, -0.05) is 34.6 Å². The Morgan fingerprint density at radius 1 is 1.12 bits per heavy atom. The van der Waals surface area contributed by atoms with E-state index in [1.165, 1.54) is 13.3 Å². The number of hydrogen-bond donors (Lipinski definition) is 5. The minimum atomic E-state index is -0.798. The molecule has 0 spiro atoms. The second-order valence-corrected chi connectivity index (χ2v) is 10.8. The Bertz CT molecular complexity index is 849. The van der Waals surface area contributed by atoms with Crippen molar-refractivity contribution in [1.29, 1.82) is 0 Å². The van der Waals surface area contributed by atoms with E-state index in [4.69, 9.17) is 10.8 Å². The van der Waals surface area contributed by atoms with E-state index in [2.05, 4.69) is 60.1 Å². The second kappa shape index (κ2) is 19.9. The maximum atomic E-state index is 11.0. The molecule has 230 valence electrons. The normalized spacial score (nSPS) is 16.6. The molecule has 2 amide bonds. The van der Waals surface area contributed by atoms with Gasteiger partial charge in [-0.25, -0.2) is 4.98 Å². The second-order valence-electron chi connectivity index (χ2n) is 10.8. The van der Waals surface area contributed by atoms with Gasteiger partial charge in [-0.05, 0) is 30.3 Å². The van der Waals surface area contributed by atoms with Gasteiger partial charge in [0.15, 0.2) is 0 Å². The number of carbonyl (C=O) groups is 3. The number of H-pyrrole nitrogens is 1. The van der Waals surface area contributed by atoms with Gasteiger partial charge in [-0.15, -0.1) is 13.1 Å². The number of aromatic nitrogens is 2. The number of carbonyl (C=O) groups excluding carboxylic acids is 2. The van der Waals surface area contributed by atoms with Crippen molar-refractivity contribution in [3.8, 4) is 0 Å². The van der Waals surface area contributed by atoms with Gasteiger partial charge in [0.2, 0.25) is 11.8 Å². The summed E-state index contributed by atoms with van der Waals surface area (Å²) in [6, 6.07) is -0.687. The number of imidazole rings is 1. The summed E-state index contributed by atoms with van der Waals surface area (Å²) in [5.74, 6) is -0.868. The molecule has 1 aromatic heterocycles. The summed E-state index contributed by atoms with van der Waals surface area (Å²) in [5, 5.41) is 26.9. The number of β-amino-alcohol motifs (C(OH)–C–C–N with tert-alkyl or cyclic N) is 1. The van der Waals surface area contributed by atoms with Crippen LogP contribution in [0.3, 0.4) is 0 Å². The quantitative estimate of drug-likeness (QED) is 0.212. The van der Waals surface area contributed by atoms with Crippen molar-refractivity contribution in [2.45, 2.75) is 60.1 Å². The van der Waals surface area contributed by atoms with Gasteiger partial charge >= 0.3 is 23.0 Å². The summed E-state index contributed by atoms with van der Waals surface area (Å²) >= 11 is 0. The van der Waals surface area contributed by atoms with E-state index < -0.39 is 24.0 Å². The number of aliphatic hydroxyl groups is 1. The van der Waals surface area contributed by atoms with Crippen LogP contribution in [0.1, 0.15) is 47.2 Å². The van der Waals surface area contributed by atoms with E-state index in [9.17, 15) is 19.5 Å². The number of carboxylic acid groups (broad SMARTS) is 1. The van der Waals surface area contributed by atoms with Gasteiger partial charge in [0.1, 0.15) is 6.04 Å². The average molecular weight is 612 g/mol. The number of aromatic amines is 1. The molecule has 14 heteroatoms. The van der Waals surface area contributed by atoms with Crippen LogP contribution in [-0.2, 0) is 37.9 Å². The van der Waals surface area contributed by atoms with Crippen molar-refractivity contribution in [1.82, 2.24) is 25.1 Å². The molecule has 1 saturated heterocycles. The molecule has 0 saturated carbocycles. The molecule has 40 heavy (non-hydrogen) atoms. The first kappa shape index (κ1) is 40.1. The fraction of sp³-hybridized carbons (Fsp3) is 0.769. The zero-order valence-corrected chi connectivity index (χ0v) is 25.9. The number of nitrogens with two attached hydrogens (primary N) is 1. The van der Waals surface area contributed by atoms with Crippen LogP contribution in [0.4, 0.5) is 0 Å². The first-order valence-corrected chi connectivity index (χ1v) is 13.3. The van der Waals surface area contributed by atoms with Gasteiger partial charge < -0.3 is 41.9 Å². The van der Waals surface area contributed by atoms with Gasteiger partial charge in [-0.3, -0.25) is 19.3 Å². The maximum Gasteiger partial charge on any atom is 3.00 e. The number of aliphatic hydroxyl groups excluding tert-OH is 1. The molecular formula is C26H50MnN7O6+2.